The van der Waals surface area contributed by atoms with E-state index in [1.807, 2.05) is 45.2 Å². The SMILES string of the molecule is CC[C@@H](C(=O)Nc1ccc(C)c(C)c1)n1c(N)nnc1SC. The molecule has 0 aliphatic carbocycles. The molecule has 6 nitrogen and oxygen atoms in total. The monoisotopic (exact) mass is 319 g/mol. The van der Waals surface area contributed by atoms with Gasteiger partial charge in [-0.2, -0.15) is 0 Å². The number of thioether (sulfide) groups is 1. The number of amides is 1. The van der Waals surface area contributed by atoms with E-state index in [1.54, 1.807) is 4.57 Å². The molecule has 2 aromatic rings. The molecule has 0 bridgehead atoms. The van der Waals surface area contributed by atoms with Gasteiger partial charge in [-0.05, 0) is 49.8 Å². The minimum Gasteiger partial charge on any atom is -0.368 e. The van der Waals surface area contributed by atoms with Gasteiger partial charge in [0.2, 0.25) is 11.9 Å². The highest BCUT2D eigenvalue weighted by atomic mass is 32.2. The first kappa shape index (κ1) is 16.4. The number of nitrogen functional groups attached to an aromatic ring is 1. The lowest BCUT2D eigenvalue weighted by atomic mass is 10.1. The largest absolute Gasteiger partial charge is 0.368 e. The lowest BCUT2D eigenvalue weighted by Crippen LogP contribution is -2.27. The van der Waals surface area contributed by atoms with Crippen LogP contribution in [0.5, 0.6) is 0 Å². The number of benzene rings is 1. The summed E-state index contributed by atoms with van der Waals surface area (Å²) in [7, 11) is 0. The summed E-state index contributed by atoms with van der Waals surface area (Å²) < 4.78 is 1.68. The smallest absolute Gasteiger partial charge is 0.247 e. The molecule has 1 heterocycles. The average molecular weight is 319 g/mol. The Kier molecular flexibility index (Phi) is 5.07. The number of nitrogens with two attached hydrogens (primary N) is 1. The number of nitrogens with one attached hydrogen (secondary N) is 1. The minimum atomic E-state index is -0.431. The molecule has 0 spiro atoms. The second kappa shape index (κ2) is 6.83. The Bertz CT molecular complexity index is 683. The van der Waals surface area contributed by atoms with Gasteiger partial charge >= 0.3 is 0 Å². The molecule has 2 rings (SSSR count). The third kappa shape index (κ3) is 3.24. The minimum absolute atomic E-state index is 0.118. The van der Waals surface area contributed by atoms with Crippen LogP contribution in [0.3, 0.4) is 0 Å². The van der Waals surface area contributed by atoms with Gasteiger partial charge in [0.1, 0.15) is 6.04 Å². The molecule has 1 amide bonds. The van der Waals surface area contributed by atoms with E-state index in [2.05, 4.69) is 15.5 Å². The van der Waals surface area contributed by atoms with Crippen molar-refractivity contribution in [3.8, 4) is 0 Å². The van der Waals surface area contributed by atoms with Crippen LogP contribution in [0.4, 0.5) is 11.6 Å². The molecular weight excluding hydrogens is 298 g/mol. The zero-order valence-electron chi connectivity index (χ0n) is 13.3. The maximum absolute atomic E-state index is 12.6. The maximum Gasteiger partial charge on any atom is 0.247 e. The zero-order chi connectivity index (χ0) is 16.3. The van der Waals surface area contributed by atoms with Crippen molar-refractivity contribution in [2.75, 3.05) is 17.3 Å². The van der Waals surface area contributed by atoms with E-state index >= 15 is 0 Å². The quantitative estimate of drug-likeness (QED) is 0.828. The number of carbonyl (C=O) groups excluding carboxylic acids is 1. The average Bonchev–Trinajstić information content (AvgIpc) is 2.85. The van der Waals surface area contributed by atoms with Crippen molar-refractivity contribution in [3.63, 3.8) is 0 Å². The van der Waals surface area contributed by atoms with Crippen LogP contribution >= 0.6 is 11.8 Å². The molecule has 118 valence electrons. The van der Waals surface area contributed by atoms with Gasteiger partial charge < -0.3 is 11.1 Å². The van der Waals surface area contributed by atoms with Crippen molar-refractivity contribution < 1.29 is 4.79 Å². The van der Waals surface area contributed by atoms with Gasteiger partial charge in [0.15, 0.2) is 5.16 Å². The molecule has 0 saturated heterocycles. The summed E-state index contributed by atoms with van der Waals surface area (Å²) in [6, 6.07) is 5.42. The molecule has 1 atom stereocenters. The Balaban J connectivity index is 2.25. The van der Waals surface area contributed by atoms with Crippen LogP contribution in [-0.4, -0.2) is 26.9 Å². The molecule has 0 unspecified atom stereocenters. The summed E-state index contributed by atoms with van der Waals surface area (Å²) >= 11 is 1.42. The topological polar surface area (TPSA) is 85.8 Å². The highest BCUT2D eigenvalue weighted by Gasteiger charge is 2.24. The van der Waals surface area contributed by atoms with Gasteiger partial charge in [0.05, 0.1) is 0 Å². The number of hydrogen-bond acceptors (Lipinski definition) is 5. The van der Waals surface area contributed by atoms with Crippen molar-refractivity contribution in [2.24, 2.45) is 0 Å². The van der Waals surface area contributed by atoms with Crippen LogP contribution in [0.15, 0.2) is 23.4 Å². The van der Waals surface area contributed by atoms with Gasteiger partial charge in [-0.25, -0.2) is 0 Å². The molecule has 3 N–H and O–H groups in total. The van der Waals surface area contributed by atoms with Gasteiger partial charge in [-0.1, -0.05) is 24.8 Å². The Morgan fingerprint density at radius 1 is 1.36 bits per heavy atom. The normalized spacial score (nSPS) is 12.2. The summed E-state index contributed by atoms with van der Waals surface area (Å²) in [5.74, 6) is 0.138. The highest BCUT2D eigenvalue weighted by Crippen LogP contribution is 2.25. The van der Waals surface area contributed by atoms with Crippen LogP contribution < -0.4 is 11.1 Å². The summed E-state index contributed by atoms with van der Waals surface area (Å²) in [6.07, 6.45) is 2.49. The Morgan fingerprint density at radius 3 is 2.68 bits per heavy atom. The predicted molar refractivity (Wildman–Crippen MR) is 90.1 cm³/mol. The van der Waals surface area contributed by atoms with Crippen molar-refractivity contribution >= 4 is 29.3 Å². The first-order valence-corrected chi connectivity index (χ1v) is 8.32. The number of aromatic nitrogens is 3. The zero-order valence-corrected chi connectivity index (χ0v) is 14.1. The lowest BCUT2D eigenvalue weighted by Gasteiger charge is -2.19. The fourth-order valence-corrected chi connectivity index (χ4v) is 2.79. The summed E-state index contributed by atoms with van der Waals surface area (Å²) in [6.45, 7) is 6.00. The number of rotatable bonds is 5. The van der Waals surface area contributed by atoms with Crippen LogP contribution in [0, 0.1) is 13.8 Å². The first-order chi connectivity index (χ1) is 10.5. The lowest BCUT2D eigenvalue weighted by molar-refractivity contribution is -0.119. The van der Waals surface area contributed by atoms with Gasteiger partial charge in [0.25, 0.3) is 0 Å². The summed E-state index contributed by atoms with van der Waals surface area (Å²) in [5.41, 5.74) is 8.98. The molecule has 0 saturated carbocycles. The number of anilines is 2. The number of hydrogen-bond donors (Lipinski definition) is 2. The van der Waals surface area contributed by atoms with Crippen LogP contribution in [0.1, 0.15) is 30.5 Å². The Hall–Kier alpha value is -2.02. The van der Waals surface area contributed by atoms with E-state index < -0.39 is 6.04 Å². The van der Waals surface area contributed by atoms with Crippen LogP contribution in [0.2, 0.25) is 0 Å². The van der Waals surface area contributed by atoms with E-state index in [1.165, 1.54) is 17.3 Å². The molecule has 7 heteroatoms. The van der Waals surface area contributed by atoms with Gasteiger partial charge in [-0.15, -0.1) is 10.2 Å². The molecule has 1 aromatic carbocycles. The van der Waals surface area contributed by atoms with Gasteiger partial charge in [0, 0.05) is 5.69 Å². The van der Waals surface area contributed by atoms with Crippen LogP contribution in [0.25, 0.3) is 0 Å². The molecule has 0 fully saturated rings. The summed E-state index contributed by atoms with van der Waals surface area (Å²) in [4.78, 5) is 12.6. The van der Waals surface area contributed by atoms with Crippen molar-refractivity contribution in [3.05, 3.63) is 29.3 Å². The van der Waals surface area contributed by atoms with E-state index in [0.29, 0.717) is 11.6 Å². The molecule has 0 radical (unpaired) electrons. The number of aryl methyl sites for hydroxylation is 2. The molecular formula is C15H21N5OS. The fourth-order valence-electron chi connectivity index (χ4n) is 2.25. The van der Waals surface area contributed by atoms with E-state index in [-0.39, 0.29) is 11.9 Å². The van der Waals surface area contributed by atoms with Gasteiger partial charge in [-0.3, -0.25) is 9.36 Å². The van der Waals surface area contributed by atoms with Crippen molar-refractivity contribution in [2.45, 2.75) is 38.4 Å². The second-order valence-electron chi connectivity index (χ2n) is 5.13. The fraction of sp³-hybridized carbons (Fsp3) is 0.400. The molecule has 1 aromatic heterocycles. The van der Waals surface area contributed by atoms with E-state index in [0.717, 1.165) is 11.3 Å². The standard InChI is InChI=1S/C15H21N5OS/c1-5-12(20-14(16)18-19-15(20)22-4)13(21)17-11-7-6-9(2)10(3)8-11/h6-8,12H,5H2,1-4H3,(H2,16,18)(H,17,21)/t12-/m0/s1. The molecule has 22 heavy (non-hydrogen) atoms. The van der Waals surface area contributed by atoms with Crippen LogP contribution in [-0.2, 0) is 4.79 Å². The third-order valence-corrected chi connectivity index (χ3v) is 4.29. The van der Waals surface area contributed by atoms with Crippen molar-refractivity contribution in [1.82, 2.24) is 14.8 Å². The first-order valence-electron chi connectivity index (χ1n) is 7.10. The van der Waals surface area contributed by atoms with Crippen molar-refractivity contribution in [1.29, 1.82) is 0 Å². The van der Waals surface area contributed by atoms with E-state index in [9.17, 15) is 4.79 Å². The third-order valence-electron chi connectivity index (χ3n) is 3.65. The second-order valence-corrected chi connectivity index (χ2v) is 5.90. The predicted octanol–water partition coefficient (Wildman–Crippen LogP) is 2.79. The van der Waals surface area contributed by atoms with E-state index in [4.69, 9.17) is 5.73 Å². The molecule has 0 aliphatic heterocycles. The number of carbonyl (C=O) groups is 1. The highest BCUT2D eigenvalue weighted by molar-refractivity contribution is 7.98. The Morgan fingerprint density at radius 2 is 2.09 bits per heavy atom. The maximum atomic E-state index is 12.6. The number of nitrogens with zero attached hydrogens (tertiary/aromatic N) is 3. The summed E-state index contributed by atoms with van der Waals surface area (Å²) in [5, 5.41) is 11.4. The molecule has 0 aliphatic rings. The Labute approximate surface area is 134 Å².